The smallest absolute Gasteiger partial charge is 0.461 e. The SMILES string of the molecule is CC(=O)OCc1c(B2OC(C)(C)C(C)(C)O2)cccc1-n1ccc2cc(C(C)(C)C)cc(F)c2c1=O. The van der Waals surface area contributed by atoms with E-state index in [-0.39, 0.29) is 17.4 Å². The highest BCUT2D eigenvalue weighted by Gasteiger charge is 2.52. The molecular formula is C28H33BFNO5. The average Bonchev–Trinajstić information content (AvgIpc) is 2.98. The van der Waals surface area contributed by atoms with Crippen molar-refractivity contribution in [1.82, 2.24) is 4.57 Å². The molecular weight excluding hydrogens is 460 g/mol. The molecule has 3 aromatic rings. The second-order valence-electron chi connectivity index (χ2n) is 11.4. The molecule has 0 unspecified atom stereocenters. The Kier molecular flexibility index (Phi) is 6.42. The van der Waals surface area contributed by atoms with Crippen molar-refractivity contribution in [2.45, 2.75) is 78.6 Å². The third-order valence-electron chi connectivity index (χ3n) is 7.20. The minimum atomic E-state index is -0.734. The second-order valence-corrected chi connectivity index (χ2v) is 11.4. The van der Waals surface area contributed by atoms with Crippen LogP contribution >= 0.6 is 0 Å². The number of halogens is 1. The second kappa shape index (κ2) is 8.85. The topological polar surface area (TPSA) is 66.8 Å². The summed E-state index contributed by atoms with van der Waals surface area (Å²) in [6.07, 6.45) is 1.62. The minimum Gasteiger partial charge on any atom is -0.461 e. The van der Waals surface area contributed by atoms with Gasteiger partial charge in [-0.2, -0.15) is 0 Å². The summed E-state index contributed by atoms with van der Waals surface area (Å²) in [5.74, 6) is -1.03. The van der Waals surface area contributed by atoms with Crippen molar-refractivity contribution < 1.29 is 23.2 Å². The summed E-state index contributed by atoms with van der Waals surface area (Å²) in [5.41, 5.74) is 0.541. The van der Waals surface area contributed by atoms with Crippen LogP contribution < -0.4 is 11.0 Å². The number of carbonyl (C=O) groups is 1. The Hall–Kier alpha value is -2.97. The summed E-state index contributed by atoms with van der Waals surface area (Å²) < 4.78 is 34.5. The zero-order valence-corrected chi connectivity index (χ0v) is 22.2. The van der Waals surface area contributed by atoms with Crippen LogP contribution in [0.5, 0.6) is 0 Å². The number of aromatic nitrogens is 1. The van der Waals surface area contributed by atoms with Crippen molar-refractivity contribution in [3.63, 3.8) is 0 Å². The zero-order valence-electron chi connectivity index (χ0n) is 22.2. The minimum absolute atomic E-state index is 0.00460. The van der Waals surface area contributed by atoms with Crippen LogP contribution in [-0.4, -0.2) is 28.9 Å². The van der Waals surface area contributed by atoms with Gasteiger partial charge in [0.2, 0.25) is 0 Å². The molecule has 0 spiro atoms. The molecule has 8 heteroatoms. The fourth-order valence-corrected chi connectivity index (χ4v) is 4.29. The fourth-order valence-electron chi connectivity index (χ4n) is 4.29. The van der Waals surface area contributed by atoms with E-state index in [1.165, 1.54) is 17.6 Å². The lowest BCUT2D eigenvalue weighted by Crippen LogP contribution is -2.41. The van der Waals surface area contributed by atoms with Gasteiger partial charge in [-0.25, -0.2) is 4.39 Å². The molecule has 6 nitrogen and oxygen atoms in total. The molecule has 1 saturated heterocycles. The molecule has 1 aliphatic heterocycles. The number of fused-ring (bicyclic) bond motifs is 1. The molecule has 0 saturated carbocycles. The Bertz CT molecular complexity index is 1390. The number of hydrogen-bond acceptors (Lipinski definition) is 5. The molecule has 0 atom stereocenters. The van der Waals surface area contributed by atoms with Crippen molar-refractivity contribution in [2.24, 2.45) is 0 Å². The van der Waals surface area contributed by atoms with Gasteiger partial charge in [-0.15, -0.1) is 0 Å². The number of nitrogens with zero attached hydrogens (tertiary/aromatic N) is 1. The van der Waals surface area contributed by atoms with Gasteiger partial charge in [-0.05, 0) is 67.7 Å². The summed E-state index contributed by atoms with van der Waals surface area (Å²) >= 11 is 0. The maximum atomic E-state index is 15.3. The van der Waals surface area contributed by atoms with Crippen LogP contribution in [0.2, 0.25) is 0 Å². The summed E-state index contributed by atoms with van der Waals surface area (Å²) in [5, 5.41) is 0.537. The molecule has 1 aromatic heterocycles. The molecule has 0 bridgehead atoms. The van der Waals surface area contributed by atoms with Gasteiger partial charge in [-0.3, -0.25) is 14.2 Å². The molecule has 0 radical (unpaired) electrons. The molecule has 190 valence electrons. The molecule has 2 heterocycles. The Morgan fingerprint density at radius 2 is 1.72 bits per heavy atom. The van der Waals surface area contributed by atoms with Crippen molar-refractivity contribution in [3.05, 3.63) is 69.9 Å². The number of rotatable bonds is 4. The normalized spacial score (nSPS) is 17.0. The van der Waals surface area contributed by atoms with Gasteiger partial charge in [-0.1, -0.05) is 39.0 Å². The molecule has 2 aromatic carbocycles. The molecule has 0 N–H and O–H groups in total. The predicted octanol–water partition coefficient (Wildman–Crippen LogP) is 4.79. The number of esters is 1. The molecule has 4 rings (SSSR count). The van der Waals surface area contributed by atoms with Gasteiger partial charge in [0.1, 0.15) is 12.4 Å². The van der Waals surface area contributed by atoms with Gasteiger partial charge < -0.3 is 14.0 Å². The van der Waals surface area contributed by atoms with Crippen LogP contribution in [0.4, 0.5) is 4.39 Å². The maximum Gasteiger partial charge on any atom is 0.495 e. The van der Waals surface area contributed by atoms with Gasteiger partial charge in [0, 0.05) is 18.7 Å². The van der Waals surface area contributed by atoms with Crippen LogP contribution in [0.3, 0.4) is 0 Å². The molecule has 36 heavy (non-hydrogen) atoms. The highest BCUT2D eigenvalue weighted by molar-refractivity contribution is 6.62. The van der Waals surface area contributed by atoms with Gasteiger partial charge >= 0.3 is 13.1 Å². The third kappa shape index (κ3) is 4.60. The molecule has 1 aliphatic rings. The first-order valence-electron chi connectivity index (χ1n) is 12.1. The Labute approximate surface area is 211 Å². The first-order valence-corrected chi connectivity index (χ1v) is 12.1. The van der Waals surface area contributed by atoms with Crippen LogP contribution in [0.15, 0.2) is 47.4 Å². The fraction of sp³-hybridized carbons (Fsp3) is 0.429. The van der Waals surface area contributed by atoms with E-state index in [0.29, 0.717) is 22.1 Å². The van der Waals surface area contributed by atoms with E-state index in [2.05, 4.69) is 0 Å². The van der Waals surface area contributed by atoms with Crippen LogP contribution in [0, 0.1) is 5.82 Å². The molecule has 0 aliphatic carbocycles. The van der Waals surface area contributed by atoms with Gasteiger partial charge in [0.05, 0.1) is 22.3 Å². The van der Waals surface area contributed by atoms with Crippen molar-refractivity contribution in [3.8, 4) is 5.69 Å². The van der Waals surface area contributed by atoms with E-state index in [1.54, 1.807) is 24.4 Å². The van der Waals surface area contributed by atoms with Crippen LogP contribution in [0.1, 0.15) is 66.5 Å². The molecule has 0 amide bonds. The first-order chi connectivity index (χ1) is 16.6. The van der Waals surface area contributed by atoms with E-state index < -0.39 is 35.7 Å². The lowest BCUT2D eigenvalue weighted by atomic mass is 9.75. The summed E-state index contributed by atoms with van der Waals surface area (Å²) in [7, 11) is -0.734. The number of carbonyl (C=O) groups excluding carboxylic acids is 1. The van der Waals surface area contributed by atoms with E-state index in [1.807, 2.05) is 60.6 Å². The zero-order chi connectivity index (χ0) is 26.6. The third-order valence-corrected chi connectivity index (χ3v) is 7.20. The van der Waals surface area contributed by atoms with Crippen molar-refractivity contribution >= 4 is 29.3 Å². The predicted molar refractivity (Wildman–Crippen MR) is 139 cm³/mol. The Morgan fingerprint density at radius 1 is 1.08 bits per heavy atom. The van der Waals surface area contributed by atoms with Gasteiger partial charge in [0.15, 0.2) is 0 Å². The Balaban J connectivity index is 1.91. The van der Waals surface area contributed by atoms with Crippen LogP contribution in [0.25, 0.3) is 16.5 Å². The quantitative estimate of drug-likeness (QED) is 0.386. The van der Waals surface area contributed by atoms with E-state index in [4.69, 9.17) is 14.0 Å². The summed E-state index contributed by atoms with van der Waals surface area (Å²) in [4.78, 5) is 25.3. The Morgan fingerprint density at radius 3 is 2.31 bits per heavy atom. The van der Waals surface area contributed by atoms with Crippen molar-refractivity contribution in [2.75, 3.05) is 0 Å². The van der Waals surface area contributed by atoms with E-state index in [9.17, 15) is 9.59 Å². The number of hydrogen-bond donors (Lipinski definition) is 0. The molecule has 1 fully saturated rings. The average molecular weight is 493 g/mol. The van der Waals surface area contributed by atoms with Crippen molar-refractivity contribution in [1.29, 1.82) is 0 Å². The van der Waals surface area contributed by atoms with E-state index in [0.717, 1.165) is 5.56 Å². The largest absolute Gasteiger partial charge is 0.495 e. The van der Waals surface area contributed by atoms with E-state index >= 15 is 4.39 Å². The lowest BCUT2D eigenvalue weighted by Gasteiger charge is -2.32. The maximum absolute atomic E-state index is 15.3. The number of ether oxygens (including phenoxy) is 1. The number of pyridine rings is 1. The summed E-state index contributed by atoms with van der Waals surface area (Å²) in [6, 6.07) is 10.4. The van der Waals surface area contributed by atoms with Crippen LogP contribution in [-0.2, 0) is 30.9 Å². The summed E-state index contributed by atoms with van der Waals surface area (Å²) in [6.45, 7) is 15.0. The highest BCUT2D eigenvalue weighted by atomic mass is 19.1. The monoisotopic (exact) mass is 493 g/mol. The number of benzene rings is 2. The van der Waals surface area contributed by atoms with Gasteiger partial charge in [0.25, 0.3) is 5.56 Å². The highest BCUT2D eigenvalue weighted by Crippen LogP contribution is 2.37. The standard InChI is InChI=1S/C28H33BFNO5/c1-17(32)34-16-20-21(29-35-27(5,6)28(7,8)36-29)10-9-11-23(20)31-13-12-18-14-19(26(2,3)4)15-22(30)24(18)25(31)33/h9-15H,16H2,1-8H3. The first kappa shape index (κ1) is 26.1. The lowest BCUT2D eigenvalue weighted by molar-refractivity contribution is -0.142.